The molecule has 3 aromatic rings. The molecule has 26 heavy (non-hydrogen) atoms. The number of pyridine rings is 1. The molecule has 1 atom stereocenters. The second-order valence-corrected chi connectivity index (χ2v) is 8.10. The van der Waals surface area contributed by atoms with E-state index in [2.05, 4.69) is 26.2 Å². The van der Waals surface area contributed by atoms with Gasteiger partial charge < -0.3 is 11.1 Å². The topological polar surface area (TPSA) is 85.1 Å². The van der Waals surface area contributed by atoms with Crippen molar-refractivity contribution in [3.8, 4) is 0 Å². The SMILES string of the molecule is Cc1cc(C)c2c(C)c(C(=O)N[C@@H](C(N)=O)c3cccc(Br)c3)sc2n1. The van der Waals surface area contributed by atoms with Crippen LogP contribution in [-0.2, 0) is 4.79 Å². The van der Waals surface area contributed by atoms with Gasteiger partial charge in [0.2, 0.25) is 5.91 Å². The highest BCUT2D eigenvalue weighted by molar-refractivity contribution is 9.10. The fourth-order valence-corrected chi connectivity index (χ4v) is 4.66. The molecule has 3 N–H and O–H groups in total. The molecule has 0 saturated heterocycles. The molecular weight excluding hydrogens is 414 g/mol. The standard InChI is InChI=1S/C19H18BrN3O2S/c1-9-7-10(2)22-19-14(9)11(3)16(26-19)18(25)23-15(17(21)24)12-5-4-6-13(20)8-12/h4-8,15H,1-3H3,(H2,21,24)(H,23,25)/t15-/m1/s1. The number of aryl methyl sites for hydroxylation is 3. The summed E-state index contributed by atoms with van der Waals surface area (Å²) in [6, 6.07) is 8.26. The van der Waals surface area contributed by atoms with Crippen LogP contribution in [0.4, 0.5) is 0 Å². The Morgan fingerprint density at radius 2 is 1.96 bits per heavy atom. The Hall–Kier alpha value is -2.25. The van der Waals surface area contributed by atoms with Crippen molar-refractivity contribution in [3.63, 3.8) is 0 Å². The van der Waals surface area contributed by atoms with Crippen LogP contribution in [0, 0.1) is 20.8 Å². The number of fused-ring (bicyclic) bond motifs is 1. The number of benzene rings is 1. The maximum absolute atomic E-state index is 12.9. The third kappa shape index (κ3) is 3.50. The van der Waals surface area contributed by atoms with Crippen molar-refractivity contribution in [2.75, 3.05) is 0 Å². The van der Waals surface area contributed by atoms with E-state index in [0.29, 0.717) is 10.4 Å². The summed E-state index contributed by atoms with van der Waals surface area (Å²) in [6.45, 7) is 5.83. The number of nitrogens with one attached hydrogen (secondary N) is 1. The van der Waals surface area contributed by atoms with E-state index in [0.717, 1.165) is 31.5 Å². The van der Waals surface area contributed by atoms with Crippen molar-refractivity contribution in [3.05, 3.63) is 62.1 Å². The van der Waals surface area contributed by atoms with E-state index in [1.165, 1.54) is 11.3 Å². The van der Waals surface area contributed by atoms with Gasteiger partial charge in [0.1, 0.15) is 10.9 Å². The van der Waals surface area contributed by atoms with Gasteiger partial charge in [0.05, 0.1) is 4.88 Å². The summed E-state index contributed by atoms with van der Waals surface area (Å²) in [4.78, 5) is 30.7. The van der Waals surface area contributed by atoms with Crippen LogP contribution in [0.1, 0.15) is 38.1 Å². The normalized spacial score (nSPS) is 12.2. The van der Waals surface area contributed by atoms with E-state index in [-0.39, 0.29) is 5.91 Å². The quantitative estimate of drug-likeness (QED) is 0.655. The molecule has 2 aromatic heterocycles. The zero-order valence-corrected chi connectivity index (χ0v) is 17.0. The predicted octanol–water partition coefficient (Wildman–Crippen LogP) is 3.94. The van der Waals surface area contributed by atoms with E-state index in [1.807, 2.05) is 32.9 Å². The average Bonchev–Trinajstić information content (AvgIpc) is 2.88. The highest BCUT2D eigenvalue weighted by Crippen LogP contribution is 2.32. The molecule has 0 fully saturated rings. The predicted molar refractivity (Wildman–Crippen MR) is 107 cm³/mol. The molecule has 5 nitrogen and oxygen atoms in total. The molecule has 0 saturated carbocycles. The summed E-state index contributed by atoms with van der Waals surface area (Å²) in [6.07, 6.45) is 0. The fraction of sp³-hybridized carbons (Fsp3) is 0.211. The molecule has 134 valence electrons. The van der Waals surface area contributed by atoms with Gasteiger partial charge in [0.15, 0.2) is 0 Å². The summed E-state index contributed by atoms with van der Waals surface area (Å²) in [5.41, 5.74) is 9.01. The van der Waals surface area contributed by atoms with Crippen LogP contribution in [0.2, 0.25) is 0 Å². The molecule has 1 aromatic carbocycles. The number of hydrogen-bond donors (Lipinski definition) is 2. The van der Waals surface area contributed by atoms with Gasteiger partial charge in [-0.1, -0.05) is 28.1 Å². The van der Waals surface area contributed by atoms with E-state index in [4.69, 9.17) is 5.73 Å². The monoisotopic (exact) mass is 431 g/mol. The Kier molecular flexibility index (Phi) is 5.11. The van der Waals surface area contributed by atoms with Crippen molar-refractivity contribution in [2.24, 2.45) is 5.73 Å². The minimum absolute atomic E-state index is 0.327. The van der Waals surface area contributed by atoms with Crippen molar-refractivity contribution in [2.45, 2.75) is 26.8 Å². The number of carbonyl (C=O) groups excluding carboxylic acids is 2. The van der Waals surface area contributed by atoms with Crippen molar-refractivity contribution in [1.29, 1.82) is 0 Å². The Morgan fingerprint density at radius 3 is 2.62 bits per heavy atom. The number of halogens is 1. The van der Waals surface area contributed by atoms with Crippen LogP contribution in [0.25, 0.3) is 10.2 Å². The Labute approximate surface area is 163 Å². The molecule has 0 aliphatic heterocycles. The number of carbonyl (C=O) groups is 2. The fourth-order valence-electron chi connectivity index (χ4n) is 3.04. The van der Waals surface area contributed by atoms with Gasteiger partial charge in [0, 0.05) is 15.6 Å². The molecule has 0 aliphatic carbocycles. The van der Waals surface area contributed by atoms with Crippen LogP contribution < -0.4 is 11.1 Å². The number of nitrogens with two attached hydrogens (primary N) is 1. The zero-order chi connectivity index (χ0) is 19.0. The average molecular weight is 432 g/mol. The first kappa shape index (κ1) is 18.5. The molecular formula is C19H18BrN3O2S. The van der Waals surface area contributed by atoms with E-state index in [9.17, 15) is 9.59 Å². The molecule has 3 rings (SSSR count). The van der Waals surface area contributed by atoms with E-state index < -0.39 is 11.9 Å². The van der Waals surface area contributed by atoms with Gasteiger partial charge >= 0.3 is 0 Å². The number of nitrogens with zero attached hydrogens (tertiary/aromatic N) is 1. The number of rotatable bonds is 4. The summed E-state index contributed by atoms with van der Waals surface area (Å²) in [5.74, 6) is -0.938. The maximum Gasteiger partial charge on any atom is 0.262 e. The minimum Gasteiger partial charge on any atom is -0.368 e. The molecule has 0 unspecified atom stereocenters. The first-order valence-electron chi connectivity index (χ1n) is 8.01. The van der Waals surface area contributed by atoms with Gasteiger partial charge in [-0.05, 0) is 55.7 Å². The Bertz CT molecular complexity index is 1030. The molecule has 2 amide bonds. The first-order valence-corrected chi connectivity index (χ1v) is 9.62. The zero-order valence-electron chi connectivity index (χ0n) is 14.6. The summed E-state index contributed by atoms with van der Waals surface area (Å²) >= 11 is 4.70. The summed E-state index contributed by atoms with van der Waals surface area (Å²) in [5, 5.41) is 3.75. The van der Waals surface area contributed by atoms with Crippen molar-refractivity contribution in [1.82, 2.24) is 10.3 Å². The second kappa shape index (κ2) is 7.17. The van der Waals surface area contributed by atoms with E-state index >= 15 is 0 Å². The van der Waals surface area contributed by atoms with Crippen LogP contribution in [0.5, 0.6) is 0 Å². The largest absolute Gasteiger partial charge is 0.368 e. The van der Waals surface area contributed by atoms with E-state index in [1.54, 1.807) is 18.2 Å². The van der Waals surface area contributed by atoms with Crippen LogP contribution in [0.15, 0.2) is 34.8 Å². The van der Waals surface area contributed by atoms with Crippen LogP contribution in [0.3, 0.4) is 0 Å². The van der Waals surface area contributed by atoms with Gasteiger partial charge in [-0.25, -0.2) is 4.98 Å². The number of hydrogen-bond acceptors (Lipinski definition) is 4. The molecule has 7 heteroatoms. The van der Waals surface area contributed by atoms with Crippen molar-refractivity contribution < 1.29 is 9.59 Å². The lowest BCUT2D eigenvalue weighted by Gasteiger charge is -2.16. The molecule has 2 heterocycles. The van der Waals surface area contributed by atoms with Crippen LogP contribution in [-0.4, -0.2) is 16.8 Å². The van der Waals surface area contributed by atoms with Crippen LogP contribution >= 0.6 is 27.3 Å². The second-order valence-electron chi connectivity index (χ2n) is 6.18. The lowest BCUT2D eigenvalue weighted by atomic mass is 10.1. The highest BCUT2D eigenvalue weighted by atomic mass is 79.9. The minimum atomic E-state index is -0.902. The third-order valence-electron chi connectivity index (χ3n) is 4.17. The van der Waals surface area contributed by atoms with Crippen molar-refractivity contribution >= 4 is 49.3 Å². The van der Waals surface area contributed by atoms with Gasteiger partial charge in [0.25, 0.3) is 5.91 Å². The number of primary amides is 1. The molecule has 0 radical (unpaired) electrons. The molecule has 0 aliphatic rings. The molecule has 0 bridgehead atoms. The number of aromatic nitrogens is 1. The van der Waals surface area contributed by atoms with Gasteiger partial charge in [-0.2, -0.15) is 0 Å². The lowest BCUT2D eigenvalue weighted by molar-refractivity contribution is -0.120. The lowest BCUT2D eigenvalue weighted by Crippen LogP contribution is -2.37. The Balaban J connectivity index is 1.98. The maximum atomic E-state index is 12.9. The van der Waals surface area contributed by atoms with Gasteiger partial charge in [-0.3, -0.25) is 9.59 Å². The summed E-state index contributed by atoms with van der Waals surface area (Å²) < 4.78 is 0.809. The molecule has 0 spiro atoms. The highest BCUT2D eigenvalue weighted by Gasteiger charge is 2.24. The Morgan fingerprint density at radius 1 is 1.23 bits per heavy atom. The number of amides is 2. The third-order valence-corrected chi connectivity index (χ3v) is 5.85. The summed E-state index contributed by atoms with van der Waals surface area (Å²) in [7, 11) is 0. The van der Waals surface area contributed by atoms with Gasteiger partial charge in [-0.15, -0.1) is 11.3 Å². The first-order chi connectivity index (χ1) is 12.3. The number of thiophene rings is 1. The smallest absolute Gasteiger partial charge is 0.262 e.